The van der Waals surface area contributed by atoms with Crippen LogP contribution in [0.1, 0.15) is 15.9 Å². The van der Waals surface area contributed by atoms with Gasteiger partial charge in [0.1, 0.15) is 11.5 Å². The van der Waals surface area contributed by atoms with Gasteiger partial charge in [0.05, 0.1) is 7.11 Å². The molecule has 2 aromatic rings. The number of rotatable bonds is 5. The van der Waals surface area contributed by atoms with Crippen molar-refractivity contribution in [2.24, 2.45) is 0 Å². The normalized spacial score (nSPS) is 9.95. The molecule has 5 heteroatoms. The number of carbonyl (C=O) groups is 2. The Morgan fingerprint density at radius 2 is 1.48 bits per heavy atom. The van der Waals surface area contributed by atoms with Crippen molar-refractivity contribution in [3.8, 4) is 11.5 Å². The molecule has 0 amide bonds. The monoisotopic (exact) mass is 286 g/mol. The Kier molecular flexibility index (Phi) is 4.56. The Balaban J connectivity index is 2.06. The molecule has 0 atom stereocenters. The lowest BCUT2D eigenvalue weighted by molar-refractivity contribution is -0.142. The molecule has 0 unspecified atom stereocenters. The minimum atomic E-state index is -0.473. The van der Waals surface area contributed by atoms with Crippen LogP contribution in [0.3, 0.4) is 0 Å². The molecule has 0 spiro atoms. The predicted molar refractivity (Wildman–Crippen MR) is 75.5 cm³/mol. The number of aromatic hydroxyl groups is 1. The molecule has 2 aromatic carbocycles. The van der Waals surface area contributed by atoms with E-state index in [2.05, 4.69) is 4.74 Å². The van der Waals surface area contributed by atoms with E-state index in [-0.39, 0.29) is 18.1 Å². The van der Waals surface area contributed by atoms with Gasteiger partial charge in [-0.2, -0.15) is 0 Å². The van der Waals surface area contributed by atoms with Gasteiger partial charge in [0.15, 0.2) is 12.4 Å². The molecular weight excluding hydrogens is 272 g/mol. The van der Waals surface area contributed by atoms with E-state index in [0.717, 1.165) is 0 Å². The molecule has 0 fully saturated rings. The van der Waals surface area contributed by atoms with Gasteiger partial charge in [-0.25, -0.2) is 4.79 Å². The smallest absolute Gasteiger partial charge is 0.343 e. The minimum absolute atomic E-state index is 0.109. The van der Waals surface area contributed by atoms with Crippen molar-refractivity contribution in [3.05, 3.63) is 59.7 Å². The summed E-state index contributed by atoms with van der Waals surface area (Å²) in [7, 11) is 1.28. The van der Waals surface area contributed by atoms with Gasteiger partial charge in [0.2, 0.25) is 0 Å². The van der Waals surface area contributed by atoms with Gasteiger partial charge in [-0.15, -0.1) is 0 Å². The molecule has 108 valence electrons. The molecular formula is C16H14O5. The van der Waals surface area contributed by atoms with Crippen LogP contribution in [0.15, 0.2) is 48.5 Å². The van der Waals surface area contributed by atoms with Gasteiger partial charge >= 0.3 is 5.97 Å². The second-order valence-corrected chi connectivity index (χ2v) is 4.27. The van der Waals surface area contributed by atoms with Crippen LogP contribution in [-0.2, 0) is 9.53 Å². The summed E-state index contributed by atoms with van der Waals surface area (Å²) >= 11 is 0. The van der Waals surface area contributed by atoms with E-state index in [1.54, 1.807) is 36.4 Å². The number of phenols is 1. The maximum absolute atomic E-state index is 12.2. The third-order valence-corrected chi connectivity index (χ3v) is 2.83. The first-order valence-corrected chi connectivity index (χ1v) is 6.23. The highest BCUT2D eigenvalue weighted by molar-refractivity contribution is 6.09. The maximum Gasteiger partial charge on any atom is 0.343 e. The Bertz CT molecular complexity index is 629. The number of methoxy groups -OCH3 is 1. The third kappa shape index (κ3) is 3.82. The summed E-state index contributed by atoms with van der Waals surface area (Å²) in [5, 5.41) is 9.20. The zero-order valence-electron chi connectivity index (χ0n) is 11.4. The van der Waals surface area contributed by atoms with Crippen molar-refractivity contribution >= 4 is 11.8 Å². The molecule has 0 saturated heterocycles. The molecule has 0 aliphatic carbocycles. The maximum atomic E-state index is 12.2. The number of ether oxygens (including phenoxy) is 2. The quantitative estimate of drug-likeness (QED) is 0.673. The number of benzene rings is 2. The number of hydrogen-bond donors (Lipinski definition) is 1. The second kappa shape index (κ2) is 6.56. The number of phenolic OH excluding ortho intramolecular Hbond substituents is 1. The van der Waals surface area contributed by atoms with E-state index in [1.807, 2.05) is 0 Å². The lowest BCUT2D eigenvalue weighted by atomic mass is 10.0. The molecule has 0 heterocycles. The number of esters is 1. The first-order chi connectivity index (χ1) is 10.1. The Labute approximate surface area is 121 Å². The molecule has 2 rings (SSSR count). The van der Waals surface area contributed by atoms with Gasteiger partial charge in [-0.1, -0.05) is 0 Å². The zero-order valence-corrected chi connectivity index (χ0v) is 11.4. The largest absolute Gasteiger partial charge is 0.508 e. The fraction of sp³-hybridized carbons (Fsp3) is 0.125. The highest BCUT2D eigenvalue weighted by Crippen LogP contribution is 2.17. The molecule has 0 saturated carbocycles. The first-order valence-electron chi connectivity index (χ1n) is 6.23. The van der Waals surface area contributed by atoms with Crippen molar-refractivity contribution < 1.29 is 24.2 Å². The predicted octanol–water partition coefficient (Wildman–Crippen LogP) is 2.17. The average molecular weight is 286 g/mol. The van der Waals surface area contributed by atoms with E-state index < -0.39 is 5.97 Å². The van der Waals surface area contributed by atoms with Crippen LogP contribution >= 0.6 is 0 Å². The summed E-state index contributed by atoms with van der Waals surface area (Å²) in [6, 6.07) is 12.5. The van der Waals surface area contributed by atoms with E-state index in [9.17, 15) is 14.7 Å². The van der Waals surface area contributed by atoms with Gasteiger partial charge in [-0.05, 0) is 48.5 Å². The second-order valence-electron chi connectivity index (χ2n) is 4.27. The van der Waals surface area contributed by atoms with Gasteiger partial charge in [0.25, 0.3) is 0 Å². The SMILES string of the molecule is COC(=O)COc1ccc(C(=O)c2ccc(O)cc2)cc1. The number of ketones is 1. The molecule has 1 N–H and O–H groups in total. The van der Waals surface area contributed by atoms with Crippen LogP contribution in [0.4, 0.5) is 0 Å². The van der Waals surface area contributed by atoms with Gasteiger partial charge < -0.3 is 14.6 Å². The molecule has 21 heavy (non-hydrogen) atoms. The minimum Gasteiger partial charge on any atom is -0.508 e. The first kappa shape index (κ1) is 14.6. The molecule has 0 aliphatic heterocycles. The fourth-order valence-electron chi connectivity index (χ4n) is 1.68. The van der Waals surface area contributed by atoms with E-state index >= 15 is 0 Å². The van der Waals surface area contributed by atoms with Crippen LogP contribution in [0.2, 0.25) is 0 Å². The summed E-state index contributed by atoms with van der Waals surface area (Å²) in [6.07, 6.45) is 0. The lowest BCUT2D eigenvalue weighted by Gasteiger charge is -2.06. The van der Waals surface area contributed by atoms with Crippen molar-refractivity contribution in [1.82, 2.24) is 0 Å². The Hall–Kier alpha value is -2.82. The summed E-state index contributed by atoms with van der Waals surface area (Å²) in [5.74, 6) is -0.0467. The van der Waals surface area contributed by atoms with Crippen molar-refractivity contribution in [2.45, 2.75) is 0 Å². The van der Waals surface area contributed by atoms with Gasteiger partial charge in [0, 0.05) is 11.1 Å². The number of hydrogen-bond acceptors (Lipinski definition) is 5. The summed E-state index contributed by atoms with van der Waals surface area (Å²) in [4.78, 5) is 23.1. The summed E-state index contributed by atoms with van der Waals surface area (Å²) < 4.78 is 9.66. The van der Waals surface area contributed by atoms with Crippen LogP contribution in [0.5, 0.6) is 11.5 Å². The van der Waals surface area contributed by atoms with Crippen LogP contribution < -0.4 is 4.74 Å². The van der Waals surface area contributed by atoms with E-state index in [1.165, 1.54) is 19.2 Å². The molecule has 5 nitrogen and oxygen atoms in total. The summed E-state index contributed by atoms with van der Waals surface area (Å²) in [6.45, 7) is -0.179. The molecule has 0 aromatic heterocycles. The van der Waals surface area contributed by atoms with Crippen molar-refractivity contribution in [1.29, 1.82) is 0 Å². The van der Waals surface area contributed by atoms with Crippen molar-refractivity contribution in [3.63, 3.8) is 0 Å². The van der Waals surface area contributed by atoms with Crippen LogP contribution in [-0.4, -0.2) is 30.6 Å². The fourth-order valence-corrected chi connectivity index (χ4v) is 1.68. The van der Waals surface area contributed by atoms with Crippen molar-refractivity contribution in [2.75, 3.05) is 13.7 Å². The average Bonchev–Trinajstić information content (AvgIpc) is 2.53. The highest BCUT2D eigenvalue weighted by Gasteiger charge is 2.09. The Morgan fingerprint density at radius 3 is 2.00 bits per heavy atom. The summed E-state index contributed by atoms with van der Waals surface area (Å²) in [5.41, 5.74) is 0.974. The lowest BCUT2D eigenvalue weighted by Crippen LogP contribution is -2.12. The third-order valence-electron chi connectivity index (χ3n) is 2.83. The topological polar surface area (TPSA) is 72.8 Å². The molecule has 0 bridgehead atoms. The standard InChI is InChI=1S/C16H14O5/c1-20-15(18)10-21-14-8-4-12(5-9-14)16(19)11-2-6-13(17)7-3-11/h2-9,17H,10H2,1H3. The highest BCUT2D eigenvalue weighted by atomic mass is 16.6. The molecule has 0 radical (unpaired) electrons. The Morgan fingerprint density at radius 1 is 0.952 bits per heavy atom. The van der Waals surface area contributed by atoms with Crippen LogP contribution in [0, 0.1) is 0 Å². The number of carbonyl (C=O) groups excluding carboxylic acids is 2. The van der Waals surface area contributed by atoms with Crippen LogP contribution in [0.25, 0.3) is 0 Å². The molecule has 0 aliphatic rings. The van der Waals surface area contributed by atoms with Gasteiger partial charge in [-0.3, -0.25) is 4.79 Å². The van der Waals surface area contributed by atoms with E-state index in [4.69, 9.17) is 4.74 Å². The van der Waals surface area contributed by atoms with E-state index in [0.29, 0.717) is 16.9 Å². The zero-order chi connectivity index (χ0) is 15.2.